The van der Waals surface area contributed by atoms with E-state index in [4.69, 9.17) is 9.47 Å². The van der Waals surface area contributed by atoms with Crippen LogP contribution in [0.4, 0.5) is 11.4 Å². The molecule has 0 radical (unpaired) electrons. The zero-order valence-electron chi connectivity index (χ0n) is 17.2. The lowest BCUT2D eigenvalue weighted by Crippen LogP contribution is -2.30. The first-order valence-corrected chi connectivity index (χ1v) is 10.8. The second kappa shape index (κ2) is 10.0. The molecule has 0 aliphatic heterocycles. The maximum Gasteiger partial charge on any atom is 0.307 e. The topological polar surface area (TPSA) is 142 Å². The number of sulfone groups is 1. The number of amides is 1. The van der Waals surface area contributed by atoms with Crippen LogP contribution < -0.4 is 10.1 Å². The third kappa shape index (κ3) is 6.51. The van der Waals surface area contributed by atoms with Crippen molar-refractivity contribution in [2.24, 2.45) is 0 Å². The molecule has 0 saturated carbocycles. The zero-order valence-corrected chi connectivity index (χ0v) is 18.0. The molecule has 31 heavy (non-hydrogen) atoms. The molecule has 1 unspecified atom stereocenters. The highest BCUT2D eigenvalue weighted by Crippen LogP contribution is 2.29. The molecule has 2 aromatic rings. The minimum Gasteiger partial charge on any atom is -0.495 e. The number of benzene rings is 2. The molecule has 0 bridgehead atoms. The number of methoxy groups -OCH3 is 1. The zero-order chi connectivity index (χ0) is 23.2. The molecule has 2 aromatic carbocycles. The second-order valence-corrected chi connectivity index (χ2v) is 8.75. The number of non-ortho nitro benzene ring substituents is 1. The fourth-order valence-electron chi connectivity index (χ4n) is 2.53. The van der Waals surface area contributed by atoms with E-state index >= 15 is 0 Å². The summed E-state index contributed by atoms with van der Waals surface area (Å²) in [4.78, 5) is 34.7. The molecule has 0 heterocycles. The van der Waals surface area contributed by atoms with E-state index in [0.29, 0.717) is 0 Å². The predicted octanol–water partition coefficient (Wildman–Crippen LogP) is 2.65. The number of carbonyl (C=O) groups excluding carboxylic acids is 2. The number of rotatable bonds is 9. The largest absolute Gasteiger partial charge is 0.495 e. The number of carbonyl (C=O) groups is 2. The molecule has 0 spiro atoms. The molecule has 0 saturated heterocycles. The molecular weight excluding hydrogens is 428 g/mol. The van der Waals surface area contributed by atoms with Crippen LogP contribution in [0, 0.1) is 17.0 Å². The van der Waals surface area contributed by atoms with Gasteiger partial charge in [-0.05, 0) is 32.0 Å². The maximum atomic E-state index is 12.3. The Bertz CT molecular complexity index is 1080. The van der Waals surface area contributed by atoms with Gasteiger partial charge in [-0.2, -0.15) is 0 Å². The number of hydrogen-bond donors (Lipinski definition) is 1. The molecule has 11 heteroatoms. The monoisotopic (exact) mass is 450 g/mol. The summed E-state index contributed by atoms with van der Waals surface area (Å²) in [5.74, 6) is -1.92. The van der Waals surface area contributed by atoms with Crippen LogP contribution in [0.15, 0.2) is 47.4 Å². The number of nitrogens with one attached hydrogen (secondary N) is 1. The highest BCUT2D eigenvalue weighted by molar-refractivity contribution is 7.91. The molecular formula is C20H22N2O8S. The number of nitrogens with zero attached hydrogens (tertiary/aromatic N) is 1. The van der Waals surface area contributed by atoms with Crippen molar-refractivity contribution in [2.75, 3.05) is 18.2 Å². The Labute approximate surface area is 179 Å². The van der Waals surface area contributed by atoms with Crippen LogP contribution in [0.2, 0.25) is 0 Å². The van der Waals surface area contributed by atoms with Crippen molar-refractivity contribution in [3.05, 3.63) is 58.1 Å². The Kier molecular flexibility index (Phi) is 7.70. The summed E-state index contributed by atoms with van der Waals surface area (Å²) in [5, 5.41) is 13.3. The Morgan fingerprint density at radius 3 is 2.39 bits per heavy atom. The van der Waals surface area contributed by atoms with Crippen LogP contribution in [0.25, 0.3) is 0 Å². The van der Waals surface area contributed by atoms with Crippen LogP contribution >= 0.6 is 0 Å². The Morgan fingerprint density at radius 1 is 1.16 bits per heavy atom. The maximum absolute atomic E-state index is 12.3. The smallest absolute Gasteiger partial charge is 0.307 e. The van der Waals surface area contributed by atoms with E-state index < -0.39 is 44.9 Å². The summed E-state index contributed by atoms with van der Waals surface area (Å²) in [6.07, 6.45) is -1.70. The van der Waals surface area contributed by atoms with Crippen LogP contribution in [0.5, 0.6) is 5.75 Å². The van der Waals surface area contributed by atoms with E-state index in [1.165, 1.54) is 38.3 Å². The van der Waals surface area contributed by atoms with Gasteiger partial charge in [0.15, 0.2) is 15.9 Å². The molecule has 1 amide bonds. The van der Waals surface area contributed by atoms with Crippen molar-refractivity contribution < 1.29 is 32.4 Å². The van der Waals surface area contributed by atoms with Gasteiger partial charge in [-0.1, -0.05) is 17.7 Å². The molecule has 10 nitrogen and oxygen atoms in total. The van der Waals surface area contributed by atoms with E-state index in [9.17, 15) is 28.1 Å². The molecule has 2 rings (SSSR count). The van der Waals surface area contributed by atoms with Crippen LogP contribution in [-0.4, -0.2) is 44.2 Å². The third-order valence-corrected chi connectivity index (χ3v) is 6.02. The quantitative estimate of drug-likeness (QED) is 0.349. The van der Waals surface area contributed by atoms with Crippen LogP contribution in [0.1, 0.15) is 18.9 Å². The Balaban J connectivity index is 1.97. The number of anilines is 1. The highest BCUT2D eigenvalue weighted by atomic mass is 32.2. The fraction of sp³-hybridized carbons (Fsp3) is 0.300. The van der Waals surface area contributed by atoms with Crippen molar-refractivity contribution >= 4 is 33.1 Å². The van der Waals surface area contributed by atoms with E-state index in [1.54, 1.807) is 12.1 Å². The molecule has 0 aromatic heterocycles. The first kappa shape index (κ1) is 23.8. The second-order valence-electron chi connectivity index (χ2n) is 6.64. The minimum atomic E-state index is -3.68. The van der Waals surface area contributed by atoms with Gasteiger partial charge >= 0.3 is 5.97 Å². The van der Waals surface area contributed by atoms with Gasteiger partial charge in [-0.15, -0.1) is 0 Å². The minimum absolute atomic E-state index is 0.0338. The fourth-order valence-corrected chi connectivity index (χ4v) is 3.75. The lowest BCUT2D eigenvalue weighted by molar-refractivity contribution is -0.384. The summed E-state index contributed by atoms with van der Waals surface area (Å²) in [7, 11) is -2.35. The van der Waals surface area contributed by atoms with Gasteiger partial charge in [0.05, 0.1) is 34.8 Å². The van der Waals surface area contributed by atoms with Crippen LogP contribution in [0.3, 0.4) is 0 Å². The highest BCUT2D eigenvalue weighted by Gasteiger charge is 2.23. The molecule has 166 valence electrons. The molecule has 1 N–H and O–H groups in total. The Hall–Kier alpha value is -3.47. The van der Waals surface area contributed by atoms with E-state index in [2.05, 4.69) is 5.32 Å². The summed E-state index contributed by atoms with van der Waals surface area (Å²) in [5.41, 5.74) is 0.673. The normalized spacial score (nSPS) is 12.0. The van der Waals surface area contributed by atoms with Gasteiger partial charge in [0, 0.05) is 12.1 Å². The van der Waals surface area contributed by atoms with Crippen molar-refractivity contribution in [3.8, 4) is 5.75 Å². The van der Waals surface area contributed by atoms with Crippen molar-refractivity contribution in [3.63, 3.8) is 0 Å². The number of aryl methyl sites for hydroxylation is 1. The Morgan fingerprint density at radius 2 is 1.81 bits per heavy atom. The van der Waals surface area contributed by atoms with Gasteiger partial charge < -0.3 is 14.8 Å². The SMILES string of the molecule is COc1ccc([N+](=O)[O-])cc1NC(=O)C(C)OC(=O)CCS(=O)(=O)c1ccc(C)cc1. The van der Waals surface area contributed by atoms with Crippen molar-refractivity contribution in [2.45, 2.75) is 31.3 Å². The van der Waals surface area contributed by atoms with Crippen LogP contribution in [-0.2, 0) is 24.2 Å². The summed E-state index contributed by atoms with van der Waals surface area (Å²) < 4.78 is 34.7. The number of nitro groups is 1. The average molecular weight is 450 g/mol. The predicted molar refractivity (Wildman–Crippen MR) is 112 cm³/mol. The first-order chi connectivity index (χ1) is 14.5. The number of ether oxygens (including phenoxy) is 2. The van der Waals surface area contributed by atoms with Gasteiger partial charge in [-0.25, -0.2) is 8.42 Å². The van der Waals surface area contributed by atoms with Gasteiger partial charge in [0.2, 0.25) is 0 Å². The van der Waals surface area contributed by atoms with Gasteiger partial charge in [0.1, 0.15) is 5.75 Å². The van der Waals surface area contributed by atoms with E-state index in [-0.39, 0.29) is 22.0 Å². The summed E-state index contributed by atoms with van der Waals surface area (Å²) in [6, 6.07) is 9.86. The number of hydrogen-bond acceptors (Lipinski definition) is 8. The third-order valence-electron chi connectivity index (χ3n) is 4.28. The standard InChI is InChI=1S/C20H22N2O8S/c1-13-4-7-16(8-5-13)31(27,28)11-10-19(23)30-14(2)20(24)21-17-12-15(22(25)26)6-9-18(17)29-3/h4-9,12,14H,10-11H2,1-3H3,(H,21,24). The van der Waals surface area contributed by atoms with Crippen molar-refractivity contribution in [1.29, 1.82) is 0 Å². The van der Waals surface area contributed by atoms with E-state index in [1.807, 2.05) is 6.92 Å². The molecule has 0 aliphatic rings. The average Bonchev–Trinajstić information content (AvgIpc) is 2.72. The lowest BCUT2D eigenvalue weighted by atomic mass is 10.2. The number of nitro benzene ring substituents is 1. The summed E-state index contributed by atoms with van der Waals surface area (Å²) in [6.45, 7) is 3.12. The molecule has 1 atom stereocenters. The molecule has 0 fully saturated rings. The first-order valence-electron chi connectivity index (χ1n) is 9.15. The van der Waals surface area contributed by atoms with Crippen molar-refractivity contribution in [1.82, 2.24) is 0 Å². The summed E-state index contributed by atoms with van der Waals surface area (Å²) >= 11 is 0. The molecule has 0 aliphatic carbocycles. The van der Waals surface area contributed by atoms with E-state index in [0.717, 1.165) is 11.6 Å². The lowest BCUT2D eigenvalue weighted by Gasteiger charge is -2.15. The van der Waals surface area contributed by atoms with Gasteiger partial charge in [-0.3, -0.25) is 19.7 Å². The van der Waals surface area contributed by atoms with Gasteiger partial charge in [0.25, 0.3) is 11.6 Å². The number of esters is 1.